The highest BCUT2D eigenvalue weighted by molar-refractivity contribution is 9.10. The molecule has 0 fully saturated rings. The summed E-state index contributed by atoms with van der Waals surface area (Å²) in [5, 5.41) is 7.41. The van der Waals surface area contributed by atoms with E-state index in [1.165, 1.54) is 6.07 Å². The lowest BCUT2D eigenvalue weighted by Gasteiger charge is -2.16. The van der Waals surface area contributed by atoms with Crippen LogP contribution in [0.2, 0.25) is 0 Å². The summed E-state index contributed by atoms with van der Waals surface area (Å²) in [6.07, 6.45) is 6.89. The first-order chi connectivity index (χ1) is 9.70. The van der Waals surface area contributed by atoms with Crippen LogP contribution in [0.4, 0.5) is 4.39 Å². The number of rotatable bonds is 3. The van der Waals surface area contributed by atoms with Crippen LogP contribution in [0.1, 0.15) is 17.2 Å². The second-order valence-corrected chi connectivity index (χ2v) is 5.31. The van der Waals surface area contributed by atoms with E-state index < -0.39 is 0 Å². The lowest BCUT2D eigenvalue weighted by atomic mass is 10.00. The predicted octanol–water partition coefficient (Wildman–Crippen LogP) is 2.94. The summed E-state index contributed by atoms with van der Waals surface area (Å²) in [6, 6.07) is 4.63. The highest BCUT2D eigenvalue weighted by Gasteiger charge is 2.20. The number of fused-ring (bicyclic) bond motifs is 1. The van der Waals surface area contributed by atoms with Gasteiger partial charge in [-0.25, -0.2) is 8.91 Å². The molecule has 3 rings (SSSR count). The number of nitrogens with zero attached hydrogens (tertiary/aromatic N) is 3. The van der Waals surface area contributed by atoms with E-state index in [1.54, 1.807) is 48.5 Å². The molecular formula is C14H12BrFN4. The minimum absolute atomic E-state index is 0.254. The molecule has 20 heavy (non-hydrogen) atoms. The Kier molecular flexibility index (Phi) is 3.50. The SMILES string of the molecule is CNC(c1cc(Br)ccc1F)c1cnn2ccncc12. The summed E-state index contributed by atoms with van der Waals surface area (Å²) in [5.74, 6) is -0.254. The second-order valence-electron chi connectivity index (χ2n) is 4.39. The zero-order valence-electron chi connectivity index (χ0n) is 10.7. The Hall–Kier alpha value is -1.79. The van der Waals surface area contributed by atoms with Gasteiger partial charge in [-0.3, -0.25) is 4.98 Å². The molecular weight excluding hydrogens is 323 g/mol. The van der Waals surface area contributed by atoms with E-state index in [1.807, 2.05) is 0 Å². The van der Waals surface area contributed by atoms with Crippen molar-refractivity contribution in [3.05, 3.63) is 64.4 Å². The Labute approximate surface area is 123 Å². The Bertz CT molecular complexity index is 756. The molecule has 0 saturated heterocycles. The van der Waals surface area contributed by atoms with Crippen molar-refractivity contribution in [3.8, 4) is 0 Å². The lowest BCUT2D eigenvalue weighted by molar-refractivity contribution is 0.577. The van der Waals surface area contributed by atoms with Crippen LogP contribution in [0.25, 0.3) is 5.52 Å². The Balaban J connectivity index is 2.16. The molecule has 3 aromatic rings. The molecule has 1 aromatic carbocycles. The summed E-state index contributed by atoms with van der Waals surface area (Å²) in [5.41, 5.74) is 2.31. The minimum atomic E-state index is -0.283. The highest BCUT2D eigenvalue weighted by Crippen LogP contribution is 2.29. The van der Waals surface area contributed by atoms with Crippen molar-refractivity contribution in [2.75, 3.05) is 7.05 Å². The second kappa shape index (κ2) is 5.30. The fourth-order valence-electron chi connectivity index (χ4n) is 2.29. The molecule has 0 aliphatic heterocycles. The van der Waals surface area contributed by atoms with E-state index in [4.69, 9.17) is 0 Å². The van der Waals surface area contributed by atoms with Gasteiger partial charge in [-0.1, -0.05) is 15.9 Å². The van der Waals surface area contributed by atoms with E-state index >= 15 is 0 Å². The van der Waals surface area contributed by atoms with Crippen LogP contribution in [0, 0.1) is 5.82 Å². The summed E-state index contributed by atoms with van der Waals surface area (Å²) in [6.45, 7) is 0. The zero-order chi connectivity index (χ0) is 14.1. The normalized spacial score (nSPS) is 12.8. The first-order valence-corrected chi connectivity index (χ1v) is 6.89. The fourth-order valence-corrected chi connectivity index (χ4v) is 2.67. The van der Waals surface area contributed by atoms with Gasteiger partial charge in [0, 0.05) is 28.0 Å². The third kappa shape index (κ3) is 2.21. The maximum Gasteiger partial charge on any atom is 0.128 e. The number of hydrogen-bond donors (Lipinski definition) is 1. The van der Waals surface area contributed by atoms with Crippen LogP contribution in [-0.2, 0) is 0 Å². The van der Waals surface area contributed by atoms with Crippen LogP contribution >= 0.6 is 15.9 Å². The van der Waals surface area contributed by atoms with E-state index in [0.717, 1.165) is 15.6 Å². The van der Waals surface area contributed by atoms with Crippen molar-refractivity contribution in [1.82, 2.24) is 19.9 Å². The van der Waals surface area contributed by atoms with Crippen LogP contribution in [0.5, 0.6) is 0 Å². The number of hydrogen-bond acceptors (Lipinski definition) is 3. The molecule has 102 valence electrons. The van der Waals surface area contributed by atoms with Gasteiger partial charge in [0.05, 0.1) is 24.0 Å². The molecule has 2 aromatic heterocycles. The molecule has 0 radical (unpaired) electrons. The van der Waals surface area contributed by atoms with Crippen molar-refractivity contribution in [2.45, 2.75) is 6.04 Å². The molecule has 0 aliphatic rings. The summed E-state index contributed by atoms with van der Waals surface area (Å²) >= 11 is 3.38. The molecule has 0 aliphatic carbocycles. The van der Waals surface area contributed by atoms with Gasteiger partial charge in [0.15, 0.2) is 0 Å². The van der Waals surface area contributed by atoms with Gasteiger partial charge in [0.1, 0.15) is 5.82 Å². The summed E-state index contributed by atoms with van der Waals surface area (Å²) < 4.78 is 16.7. The van der Waals surface area contributed by atoms with Gasteiger partial charge in [0.25, 0.3) is 0 Å². The molecule has 2 heterocycles. The van der Waals surface area contributed by atoms with E-state index in [-0.39, 0.29) is 11.9 Å². The lowest BCUT2D eigenvalue weighted by Crippen LogP contribution is -2.19. The van der Waals surface area contributed by atoms with Crippen LogP contribution in [0.15, 0.2) is 47.5 Å². The quantitative estimate of drug-likeness (QED) is 0.800. The van der Waals surface area contributed by atoms with Gasteiger partial charge in [-0.05, 0) is 25.2 Å². The number of nitrogens with one attached hydrogen (secondary N) is 1. The average Bonchev–Trinajstić information content (AvgIpc) is 2.88. The number of aromatic nitrogens is 3. The number of benzene rings is 1. The van der Waals surface area contributed by atoms with Crippen molar-refractivity contribution < 1.29 is 4.39 Å². The summed E-state index contributed by atoms with van der Waals surface area (Å²) in [4.78, 5) is 4.10. The summed E-state index contributed by atoms with van der Waals surface area (Å²) in [7, 11) is 1.80. The molecule has 1 unspecified atom stereocenters. The van der Waals surface area contributed by atoms with Gasteiger partial charge >= 0.3 is 0 Å². The van der Waals surface area contributed by atoms with Gasteiger partial charge in [0.2, 0.25) is 0 Å². The van der Waals surface area contributed by atoms with Crippen molar-refractivity contribution >= 4 is 21.4 Å². The van der Waals surface area contributed by atoms with E-state index in [9.17, 15) is 4.39 Å². The molecule has 0 saturated carbocycles. The monoisotopic (exact) mass is 334 g/mol. The van der Waals surface area contributed by atoms with Crippen LogP contribution in [-0.4, -0.2) is 21.6 Å². The molecule has 1 N–H and O–H groups in total. The van der Waals surface area contributed by atoms with Crippen LogP contribution < -0.4 is 5.32 Å². The Morgan fingerprint density at radius 1 is 1.30 bits per heavy atom. The molecule has 0 amide bonds. The molecule has 0 bridgehead atoms. The van der Waals surface area contributed by atoms with Gasteiger partial charge < -0.3 is 5.32 Å². The maximum absolute atomic E-state index is 14.1. The first-order valence-electron chi connectivity index (χ1n) is 6.10. The predicted molar refractivity (Wildman–Crippen MR) is 78.0 cm³/mol. The van der Waals surface area contributed by atoms with Crippen molar-refractivity contribution in [1.29, 1.82) is 0 Å². The van der Waals surface area contributed by atoms with Gasteiger partial charge in [-0.2, -0.15) is 5.10 Å². The van der Waals surface area contributed by atoms with E-state index in [0.29, 0.717) is 5.56 Å². The third-order valence-corrected chi connectivity index (χ3v) is 3.72. The average molecular weight is 335 g/mol. The molecule has 0 spiro atoms. The molecule has 1 atom stereocenters. The van der Waals surface area contributed by atoms with Gasteiger partial charge in [-0.15, -0.1) is 0 Å². The fraction of sp³-hybridized carbons (Fsp3) is 0.143. The van der Waals surface area contributed by atoms with E-state index in [2.05, 4.69) is 31.3 Å². The highest BCUT2D eigenvalue weighted by atomic mass is 79.9. The molecule has 4 nitrogen and oxygen atoms in total. The molecule has 6 heteroatoms. The van der Waals surface area contributed by atoms with Crippen molar-refractivity contribution in [2.24, 2.45) is 0 Å². The maximum atomic E-state index is 14.1. The third-order valence-electron chi connectivity index (χ3n) is 3.22. The standard InChI is InChI=1S/C14H12BrFN4/c1-17-14(10-6-9(15)2-3-12(10)16)11-7-19-20-5-4-18-8-13(11)20/h2-8,14,17H,1H3. The minimum Gasteiger partial charge on any atom is -0.309 e. The van der Waals surface area contributed by atoms with Crippen LogP contribution in [0.3, 0.4) is 0 Å². The first kappa shape index (κ1) is 13.2. The Morgan fingerprint density at radius 2 is 2.15 bits per heavy atom. The largest absolute Gasteiger partial charge is 0.309 e. The van der Waals surface area contributed by atoms with Crippen molar-refractivity contribution in [3.63, 3.8) is 0 Å². The topological polar surface area (TPSA) is 42.2 Å². The number of halogens is 2. The zero-order valence-corrected chi connectivity index (χ0v) is 12.3. The Morgan fingerprint density at radius 3 is 2.95 bits per heavy atom. The smallest absolute Gasteiger partial charge is 0.128 e.